The fourth-order valence-corrected chi connectivity index (χ4v) is 2.44. The lowest BCUT2D eigenvalue weighted by Crippen LogP contribution is -2.47. The van der Waals surface area contributed by atoms with Crippen LogP contribution in [0.2, 0.25) is 0 Å². The fraction of sp³-hybridized carbons (Fsp3) is 0.923. The van der Waals surface area contributed by atoms with E-state index in [0.717, 1.165) is 19.5 Å². The Hall–Kier alpha value is -0.610. The van der Waals surface area contributed by atoms with Gasteiger partial charge in [0, 0.05) is 25.7 Å². The molecule has 4 heteroatoms. The molecule has 0 aromatic heterocycles. The third-order valence-electron chi connectivity index (χ3n) is 3.56. The van der Waals surface area contributed by atoms with E-state index in [2.05, 4.69) is 17.6 Å². The van der Waals surface area contributed by atoms with Crippen LogP contribution in [0.15, 0.2) is 0 Å². The van der Waals surface area contributed by atoms with Crippen molar-refractivity contribution in [3.8, 4) is 0 Å². The van der Waals surface area contributed by atoms with E-state index in [1.54, 1.807) is 4.90 Å². The number of carbonyl (C=O) groups is 1. The summed E-state index contributed by atoms with van der Waals surface area (Å²) < 4.78 is 0. The summed E-state index contributed by atoms with van der Waals surface area (Å²) in [5, 5.41) is 6.88. The number of carbonyl (C=O) groups excluding carboxylic acids is 1. The summed E-state index contributed by atoms with van der Waals surface area (Å²) >= 11 is 0. The lowest BCUT2D eigenvalue weighted by molar-refractivity contribution is -0.131. The molecule has 0 saturated carbocycles. The van der Waals surface area contributed by atoms with Gasteiger partial charge >= 0.3 is 0 Å². The zero-order chi connectivity index (χ0) is 12.8. The van der Waals surface area contributed by atoms with Gasteiger partial charge < -0.3 is 15.5 Å². The first-order chi connectivity index (χ1) is 8.04. The maximum Gasteiger partial charge on any atom is 0.239 e. The molecule has 4 nitrogen and oxygen atoms in total. The number of likely N-dealkylation sites (N-methyl/N-ethyl adjacent to an activating group) is 1. The van der Waals surface area contributed by atoms with Crippen molar-refractivity contribution in [2.24, 2.45) is 0 Å². The minimum atomic E-state index is -0.0867. The van der Waals surface area contributed by atoms with Crippen LogP contribution in [0.25, 0.3) is 0 Å². The normalized spacial score (nSPS) is 23.4. The van der Waals surface area contributed by atoms with Crippen LogP contribution >= 0.6 is 0 Å². The molecular weight excluding hydrogens is 214 g/mol. The first kappa shape index (κ1) is 14.5. The molecule has 0 aliphatic carbocycles. The quantitative estimate of drug-likeness (QED) is 0.728. The van der Waals surface area contributed by atoms with E-state index in [1.165, 1.54) is 12.8 Å². The highest BCUT2D eigenvalue weighted by molar-refractivity contribution is 5.81. The van der Waals surface area contributed by atoms with Gasteiger partial charge in [-0.25, -0.2) is 0 Å². The highest BCUT2D eigenvalue weighted by Crippen LogP contribution is 2.11. The van der Waals surface area contributed by atoms with E-state index in [9.17, 15) is 4.79 Å². The highest BCUT2D eigenvalue weighted by Gasteiger charge is 2.21. The Labute approximate surface area is 105 Å². The first-order valence-corrected chi connectivity index (χ1v) is 6.79. The molecule has 1 saturated heterocycles. The van der Waals surface area contributed by atoms with Gasteiger partial charge in [-0.15, -0.1) is 0 Å². The summed E-state index contributed by atoms with van der Waals surface area (Å²) in [5.74, 6) is 0.179. The van der Waals surface area contributed by atoms with Gasteiger partial charge in [0.15, 0.2) is 0 Å². The number of nitrogens with one attached hydrogen (secondary N) is 2. The maximum absolute atomic E-state index is 11.9. The van der Waals surface area contributed by atoms with E-state index in [4.69, 9.17) is 0 Å². The molecule has 0 aromatic carbocycles. The molecule has 0 aromatic rings. The van der Waals surface area contributed by atoms with Crippen LogP contribution in [-0.2, 0) is 4.79 Å². The van der Waals surface area contributed by atoms with E-state index in [-0.39, 0.29) is 11.9 Å². The molecule has 0 radical (unpaired) electrons. The van der Waals surface area contributed by atoms with Crippen LogP contribution in [-0.4, -0.2) is 49.1 Å². The van der Waals surface area contributed by atoms with Crippen molar-refractivity contribution in [1.82, 2.24) is 15.5 Å². The molecule has 0 bridgehead atoms. The van der Waals surface area contributed by atoms with Gasteiger partial charge in [0.25, 0.3) is 0 Å². The molecule has 2 N–H and O–H groups in total. The van der Waals surface area contributed by atoms with Crippen LogP contribution in [0.3, 0.4) is 0 Å². The third kappa shape index (κ3) is 4.64. The minimum absolute atomic E-state index is 0.0867. The molecule has 1 aliphatic rings. The SMILES string of the molecule is CCN(C)C(=O)C(C)NC(C)CC1CCCN1. The highest BCUT2D eigenvalue weighted by atomic mass is 16.2. The molecule has 3 atom stereocenters. The second-order valence-electron chi connectivity index (χ2n) is 5.17. The van der Waals surface area contributed by atoms with Crippen molar-refractivity contribution in [1.29, 1.82) is 0 Å². The molecule has 1 rings (SSSR count). The Morgan fingerprint density at radius 2 is 2.24 bits per heavy atom. The van der Waals surface area contributed by atoms with Crippen LogP contribution in [0.4, 0.5) is 0 Å². The van der Waals surface area contributed by atoms with Gasteiger partial charge in [-0.3, -0.25) is 4.79 Å². The zero-order valence-corrected chi connectivity index (χ0v) is 11.6. The van der Waals surface area contributed by atoms with E-state index >= 15 is 0 Å². The molecule has 0 spiro atoms. The number of hydrogen-bond donors (Lipinski definition) is 2. The van der Waals surface area contributed by atoms with Gasteiger partial charge in [0.1, 0.15) is 0 Å². The van der Waals surface area contributed by atoms with Crippen LogP contribution in [0.5, 0.6) is 0 Å². The number of hydrogen-bond acceptors (Lipinski definition) is 3. The fourth-order valence-electron chi connectivity index (χ4n) is 2.44. The molecule has 1 aliphatic heterocycles. The zero-order valence-electron chi connectivity index (χ0n) is 11.6. The van der Waals surface area contributed by atoms with Crippen molar-refractivity contribution in [3.05, 3.63) is 0 Å². The summed E-state index contributed by atoms with van der Waals surface area (Å²) in [6, 6.07) is 0.926. The van der Waals surface area contributed by atoms with Crippen molar-refractivity contribution in [2.75, 3.05) is 20.1 Å². The lowest BCUT2D eigenvalue weighted by Gasteiger charge is -2.25. The van der Waals surface area contributed by atoms with E-state index in [0.29, 0.717) is 12.1 Å². The molecule has 1 fully saturated rings. The Balaban J connectivity index is 2.29. The average Bonchev–Trinajstić information content (AvgIpc) is 2.79. The van der Waals surface area contributed by atoms with Crippen LogP contribution < -0.4 is 10.6 Å². The maximum atomic E-state index is 11.9. The van der Waals surface area contributed by atoms with Crippen molar-refractivity contribution in [2.45, 2.75) is 58.2 Å². The Kier molecular flexibility index (Phi) is 5.92. The summed E-state index contributed by atoms with van der Waals surface area (Å²) in [6.45, 7) is 8.02. The Morgan fingerprint density at radius 1 is 1.53 bits per heavy atom. The van der Waals surface area contributed by atoms with Crippen molar-refractivity contribution >= 4 is 5.91 Å². The number of nitrogens with zero attached hydrogens (tertiary/aromatic N) is 1. The Bertz CT molecular complexity index is 239. The number of amides is 1. The monoisotopic (exact) mass is 241 g/mol. The van der Waals surface area contributed by atoms with Gasteiger partial charge in [-0.05, 0) is 46.6 Å². The molecule has 17 heavy (non-hydrogen) atoms. The molecule has 1 amide bonds. The van der Waals surface area contributed by atoms with Gasteiger partial charge in [-0.2, -0.15) is 0 Å². The Morgan fingerprint density at radius 3 is 2.76 bits per heavy atom. The number of rotatable bonds is 6. The third-order valence-corrected chi connectivity index (χ3v) is 3.56. The molecular formula is C13H27N3O. The first-order valence-electron chi connectivity index (χ1n) is 6.79. The topological polar surface area (TPSA) is 44.4 Å². The summed E-state index contributed by atoms with van der Waals surface area (Å²) in [4.78, 5) is 13.7. The average molecular weight is 241 g/mol. The molecule has 100 valence electrons. The van der Waals surface area contributed by atoms with Gasteiger partial charge in [0.2, 0.25) is 5.91 Å². The standard InChI is InChI=1S/C13H27N3O/c1-5-16(4)13(17)11(3)15-10(2)9-12-7-6-8-14-12/h10-12,14-15H,5-9H2,1-4H3. The van der Waals surface area contributed by atoms with Crippen molar-refractivity contribution < 1.29 is 4.79 Å². The smallest absolute Gasteiger partial charge is 0.239 e. The van der Waals surface area contributed by atoms with E-state index < -0.39 is 0 Å². The largest absolute Gasteiger partial charge is 0.345 e. The second kappa shape index (κ2) is 6.97. The van der Waals surface area contributed by atoms with Gasteiger partial charge in [-0.1, -0.05) is 0 Å². The van der Waals surface area contributed by atoms with E-state index in [1.807, 2.05) is 20.9 Å². The second-order valence-corrected chi connectivity index (χ2v) is 5.17. The van der Waals surface area contributed by atoms with Crippen molar-refractivity contribution in [3.63, 3.8) is 0 Å². The van der Waals surface area contributed by atoms with Gasteiger partial charge in [0.05, 0.1) is 6.04 Å². The van der Waals surface area contributed by atoms with Crippen LogP contribution in [0, 0.1) is 0 Å². The summed E-state index contributed by atoms with van der Waals surface area (Å²) in [5.41, 5.74) is 0. The molecule has 1 heterocycles. The minimum Gasteiger partial charge on any atom is -0.345 e. The van der Waals surface area contributed by atoms with Crippen LogP contribution in [0.1, 0.15) is 40.0 Å². The molecule has 3 unspecified atom stereocenters. The predicted octanol–water partition coefficient (Wildman–Crippen LogP) is 0.973. The summed E-state index contributed by atoms with van der Waals surface area (Å²) in [6.07, 6.45) is 3.65. The summed E-state index contributed by atoms with van der Waals surface area (Å²) in [7, 11) is 1.85. The lowest BCUT2D eigenvalue weighted by atomic mass is 10.1. The predicted molar refractivity (Wildman–Crippen MR) is 71.0 cm³/mol.